The zero-order chi connectivity index (χ0) is 21.7. The number of aromatic nitrogens is 1. The first-order chi connectivity index (χ1) is 15.0. The minimum absolute atomic E-state index is 0.623. The van der Waals surface area contributed by atoms with Crippen molar-refractivity contribution in [2.45, 2.75) is 20.8 Å². The Bertz CT molecular complexity index is 1530. The first-order valence-electron chi connectivity index (χ1n) is 10.4. The molecule has 31 heavy (non-hydrogen) atoms. The molecule has 0 fully saturated rings. The maximum atomic E-state index is 7.66. The Kier molecular flexibility index (Phi) is 4.38. The topological polar surface area (TPSA) is 21.4 Å². The van der Waals surface area contributed by atoms with E-state index in [1.807, 2.05) is 18.2 Å². The maximum absolute atomic E-state index is 7.66. The van der Waals surface area contributed by atoms with Gasteiger partial charge < -0.3 is 4.42 Å². The molecule has 0 radical (unpaired) electrons. The number of benzene rings is 3. The average Bonchev–Trinajstić information content (AvgIpc) is 3.12. The van der Waals surface area contributed by atoms with Crippen LogP contribution < -0.4 is 4.57 Å². The number of rotatable bonds is 2. The Morgan fingerprint density at radius 3 is 2.39 bits per heavy atom. The number of fused-ring (bicyclic) bond motifs is 3. The van der Waals surface area contributed by atoms with Crippen LogP contribution in [-0.2, 0) is 7.05 Å². The highest BCUT2D eigenvalue weighted by molar-refractivity contribution is 6.14. The molecule has 0 aliphatic heterocycles. The molecule has 0 aliphatic carbocycles. The van der Waals surface area contributed by atoms with E-state index in [1.165, 1.54) is 11.1 Å². The van der Waals surface area contributed by atoms with Gasteiger partial charge in [0, 0.05) is 28.5 Å². The van der Waals surface area contributed by atoms with Crippen molar-refractivity contribution < 1.29 is 8.98 Å². The minimum atomic E-state index is 0.623. The summed E-state index contributed by atoms with van der Waals surface area (Å²) in [6.07, 6.45) is 2.05. The summed E-state index contributed by atoms with van der Waals surface area (Å²) in [5.74, 6) is 0. The molecular formula is C28H23N2O+. The van der Waals surface area contributed by atoms with Crippen molar-refractivity contribution in [1.82, 2.24) is 0 Å². The summed E-state index contributed by atoms with van der Waals surface area (Å²) >= 11 is 0. The standard InChI is InChI=1S/C28H23N2O/c1-17-9-11-21(19(3)14-17)23-15-20(29-4)16-24-22-12-10-18(2)26(28(22)31-27(23)24)25-8-6-7-13-30(25)5/h6-16H,1-3,5H3/q+1. The summed E-state index contributed by atoms with van der Waals surface area (Å²) in [5.41, 5.74) is 10.1. The SMILES string of the molecule is [C-]#[N+]c1cc(-c2ccc(C)cc2C)c2oc3c(-c4cccc[n+]4C)c(C)ccc3c2c1. The number of aryl methyl sites for hydroxylation is 4. The number of furan rings is 1. The van der Waals surface area contributed by atoms with E-state index in [4.69, 9.17) is 11.0 Å². The third kappa shape index (κ3) is 3.00. The maximum Gasteiger partial charge on any atom is 0.216 e. The van der Waals surface area contributed by atoms with E-state index in [9.17, 15) is 0 Å². The van der Waals surface area contributed by atoms with Gasteiger partial charge >= 0.3 is 0 Å². The van der Waals surface area contributed by atoms with Gasteiger partial charge in [0.05, 0.1) is 12.1 Å². The lowest BCUT2D eigenvalue weighted by Gasteiger charge is -2.08. The molecule has 0 saturated carbocycles. The number of hydrogen-bond acceptors (Lipinski definition) is 1. The van der Waals surface area contributed by atoms with Crippen LogP contribution in [0.4, 0.5) is 5.69 Å². The van der Waals surface area contributed by atoms with Crippen molar-refractivity contribution in [3.05, 3.63) is 95.0 Å². The molecule has 2 aromatic heterocycles. The normalized spacial score (nSPS) is 11.2. The van der Waals surface area contributed by atoms with Gasteiger partial charge in [-0.2, -0.15) is 0 Å². The van der Waals surface area contributed by atoms with Crippen LogP contribution in [-0.4, -0.2) is 0 Å². The minimum Gasteiger partial charge on any atom is -0.455 e. The monoisotopic (exact) mass is 403 g/mol. The zero-order valence-corrected chi connectivity index (χ0v) is 18.2. The molecule has 0 amide bonds. The van der Waals surface area contributed by atoms with E-state index < -0.39 is 0 Å². The van der Waals surface area contributed by atoms with Gasteiger partial charge in [-0.3, -0.25) is 0 Å². The smallest absolute Gasteiger partial charge is 0.216 e. The van der Waals surface area contributed by atoms with Crippen LogP contribution in [0, 0.1) is 27.3 Å². The van der Waals surface area contributed by atoms with E-state index in [1.54, 1.807) is 0 Å². The van der Waals surface area contributed by atoms with Gasteiger partial charge in [0.25, 0.3) is 0 Å². The van der Waals surface area contributed by atoms with Crippen molar-refractivity contribution in [1.29, 1.82) is 0 Å². The number of hydrogen-bond donors (Lipinski definition) is 0. The Labute approximate surface area is 182 Å². The van der Waals surface area contributed by atoms with Crippen LogP contribution in [0.15, 0.2) is 71.3 Å². The Morgan fingerprint density at radius 2 is 1.65 bits per heavy atom. The summed E-state index contributed by atoms with van der Waals surface area (Å²) in [7, 11) is 2.05. The van der Waals surface area contributed by atoms with Crippen LogP contribution in [0.1, 0.15) is 16.7 Å². The average molecular weight is 404 g/mol. The second-order valence-corrected chi connectivity index (χ2v) is 8.23. The van der Waals surface area contributed by atoms with E-state index in [0.29, 0.717) is 5.69 Å². The van der Waals surface area contributed by atoms with Gasteiger partial charge in [-0.15, -0.1) is 0 Å². The van der Waals surface area contributed by atoms with E-state index in [2.05, 4.69) is 85.9 Å². The summed E-state index contributed by atoms with van der Waals surface area (Å²) in [5, 5.41) is 2.02. The van der Waals surface area contributed by atoms with Crippen LogP contribution in [0.2, 0.25) is 0 Å². The lowest BCUT2D eigenvalue weighted by atomic mass is 9.95. The molecule has 0 aliphatic rings. The highest BCUT2D eigenvalue weighted by Gasteiger charge is 2.22. The Balaban J connectivity index is 1.93. The van der Waals surface area contributed by atoms with E-state index >= 15 is 0 Å². The van der Waals surface area contributed by atoms with Crippen LogP contribution in [0.3, 0.4) is 0 Å². The predicted octanol–water partition coefficient (Wildman–Crippen LogP) is 7.22. The van der Waals surface area contributed by atoms with Gasteiger partial charge in [-0.05, 0) is 55.7 Å². The molecule has 0 atom stereocenters. The molecule has 5 aromatic rings. The number of nitrogens with zero attached hydrogens (tertiary/aromatic N) is 2. The Morgan fingerprint density at radius 1 is 0.806 bits per heavy atom. The molecule has 3 aromatic carbocycles. The predicted molar refractivity (Wildman–Crippen MR) is 126 cm³/mol. The first-order valence-corrected chi connectivity index (χ1v) is 10.4. The van der Waals surface area contributed by atoms with Crippen molar-refractivity contribution in [3.63, 3.8) is 0 Å². The van der Waals surface area contributed by atoms with Crippen LogP contribution in [0.5, 0.6) is 0 Å². The first kappa shape index (κ1) is 19.1. The lowest BCUT2D eigenvalue weighted by molar-refractivity contribution is -0.660. The molecule has 0 unspecified atom stereocenters. The fourth-order valence-electron chi connectivity index (χ4n) is 4.51. The third-order valence-corrected chi connectivity index (χ3v) is 6.05. The highest BCUT2D eigenvalue weighted by Crippen LogP contribution is 2.43. The molecule has 3 heteroatoms. The summed E-state index contributed by atoms with van der Waals surface area (Å²) in [4.78, 5) is 3.76. The second kappa shape index (κ2) is 7.11. The molecule has 5 rings (SSSR count). The van der Waals surface area contributed by atoms with Gasteiger partial charge in [0.2, 0.25) is 5.69 Å². The Hall–Kier alpha value is -3.90. The lowest BCUT2D eigenvalue weighted by Crippen LogP contribution is -2.30. The highest BCUT2D eigenvalue weighted by atomic mass is 16.3. The van der Waals surface area contributed by atoms with Crippen LogP contribution >= 0.6 is 0 Å². The summed E-state index contributed by atoms with van der Waals surface area (Å²) in [6.45, 7) is 14.0. The van der Waals surface area contributed by atoms with Crippen molar-refractivity contribution in [3.8, 4) is 22.4 Å². The number of pyridine rings is 1. The molecule has 3 nitrogen and oxygen atoms in total. The second-order valence-electron chi connectivity index (χ2n) is 8.23. The zero-order valence-electron chi connectivity index (χ0n) is 18.2. The summed E-state index contributed by atoms with van der Waals surface area (Å²) in [6, 6.07) is 20.8. The molecule has 0 N–H and O–H groups in total. The van der Waals surface area contributed by atoms with E-state index in [0.717, 1.165) is 49.9 Å². The fraction of sp³-hybridized carbons (Fsp3) is 0.143. The van der Waals surface area contributed by atoms with Crippen LogP contribution in [0.25, 0.3) is 49.2 Å². The molecule has 2 heterocycles. The van der Waals surface area contributed by atoms with Gasteiger partial charge in [-0.25, -0.2) is 9.41 Å². The largest absolute Gasteiger partial charge is 0.455 e. The molecular weight excluding hydrogens is 380 g/mol. The molecule has 150 valence electrons. The van der Waals surface area contributed by atoms with Crippen molar-refractivity contribution >= 4 is 27.6 Å². The third-order valence-electron chi connectivity index (χ3n) is 6.05. The summed E-state index contributed by atoms with van der Waals surface area (Å²) < 4.78 is 8.74. The molecule has 0 bridgehead atoms. The quantitative estimate of drug-likeness (QED) is 0.225. The van der Waals surface area contributed by atoms with E-state index in [-0.39, 0.29) is 0 Å². The molecule has 0 saturated heterocycles. The fourth-order valence-corrected chi connectivity index (χ4v) is 4.51. The van der Waals surface area contributed by atoms with Gasteiger partial charge in [0.15, 0.2) is 11.9 Å². The van der Waals surface area contributed by atoms with Crippen molar-refractivity contribution in [2.75, 3.05) is 0 Å². The van der Waals surface area contributed by atoms with Gasteiger partial charge in [0.1, 0.15) is 18.2 Å². The van der Waals surface area contributed by atoms with Crippen molar-refractivity contribution in [2.24, 2.45) is 7.05 Å². The molecule has 0 spiro atoms. The van der Waals surface area contributed by atoms with Gasteiger partial charge in [-0.1, -0.05) is 35.9 Å².